The zero-order valence-electron chi connectivity index (χ0n) is 6.18. The molecule has 0 bridgehead atoms. The van der Waals surface area contributed by atoms with Crippen LogP contribution in [-0.2, 0) is 4.79 Å². The van der Waals surface area contributed by atoms with Gasteiger partial charge in [0.2, 0.25) is 5.12 Å². The van der Waals surface area contributed by atoms with Crippen LogP contribution in [0, 0.1) is 0 Å². The minimum atomic E-state index is 0.218. The van der Waals surface area contributed by atoms with Crippen LogP contribution >= 0.6 is 11.8 Å². The number of thioether (sulfide) groups is 1. The summed E-state index contributed by atoms with van der Waals surface area (Å²) in [5.41, 5.74) is 1.99. The van der Waals surface area contributed by atoms with Crippen molar-refractivity contribution in [1.29, 1.82) is 0 Å². The predicted octanol–water partition coefficient (Wildman–Crippen LogP) is 2.15. The van der Waals surface area contributed by atoms with E-state index >= 15 is 0 Å². The molecule has 10 heavy (non-hydrogen) atoms. The fourth-order valence-electron chi connectivity index (χ4n) is 0.839. The van der Waals surface area contributed by atoms with E-state index in [1.165, 1.54) is 11.8 Å². The van der Waals surface area contributed by atoms with E-state index in [4.69, 9.17) is 0 Å². The van der Waals surface area contributed by atoms with Gasteiger partial charge in [0.15, 0.2) is 0 Å². The first-order chi connectivity index (χ1) is 4.75. The molecule has 0 spiro atoms. The Hall–Kier alpha value is -0.500. The molecule has 0 aromatic carbocycles. The van der Waals surface area contributed by atoms with Gasteiger partial charge in [0.05, 0.1) is 0 Å². The van der Waals surface area contributed by atoms with Gasteiger partial charge >= 0.3 is 0 Å². The van der Waals surface area contributed by atoms with E-state index in [9.17, 15) is 4.79 Å². The summed E-state index contributed by atoms with van der Waals surface area (Å²) in [6, 6.07) is 0. The maximum absolute atomic E-state index is 11.0. The van der Waals surface area contributed by atoms with Gasteiger partial charge in [-0.05, 0) is 19.4 Å². The quantitative estimate of drug-likeness (QED) is 0.575. The van der Waals surface area contributed by atoms with Crippen LogP contribution in [0.4, 0.5) is 0 Å². The van der Waals surface area contributed by atoms with Crippen molar-refractivity contribution in [2.24, 2.45) is 0 Å². The summed E-state index contributed by atoms with van der Waals surface area (Å²) in [4.78, 5) is 11.0. The molecular formula is C8H10OS. The number of rotatable bonds is 1. The van der Waals surface area contributed by atoms with Gasteiger partial charge in [-0.1, -0.05) is 23.9 Å². The summed E-state index contributed by atoms with van der Waals surface area (Å²) in [7, 11) is 0. The van der Waals surface area contributed by atoms with Gasteiger partial charge in [-0.2, -0.15) is 0 Å². The first-order valence-electron chi connectivity index (χ1n) is 3.26. The molecule has 1 nitrogen and oxygen atoms in total. The van der Waals surface area contributed by atoms with E-state index < -0.39 is 0 Å². The Balaban J connectivity index is 2.82. The summed E-state index contributed by atoms with van der Waals surface area (Å²) in [6.07, 6.45) is 3.96. The summed E-state index contributed by atoms with van der Waals surface area (Å²) >= 11 is 1.38. The fraction of sp³-hybridized carbons (Fsp3) is 0.375. The summed E-state index contributed by atoms with van der Waals surface area (Å²) in [5.74, 6) is 0.847. The fourth-order valence-corrected chi connectivity index (χ4v) is 1.64. The molecule has 2 heteroatoms. The smallest absolute Gasteiger partial charge is 0.219 e. The van der Waals surface area contributed by atoms with E-state index in [1.807, 2.05) is 26.0 Å². The molecule has 0 fully saturated rings. The molecule has 0 saturated carbocycles. The topological polar surface area (TPSA) is 17.1 Å². The lowest BCUT2D eigenvalue weighted by Crippen LogP contribution is -1.92. The number of hydrogen-bond acceptors (Lipinski definition) is 2. The second-order valence-electron chi connectivity index (χ2n) is 2.19. The predicted molar refractivity (Wildman–Crippen MR) is 45.0 cm³/mol. The molecule has 0 unspecified atom stereocenters. The van der Waals surface area contributed by atoms with Gasteiger partial charge in [-0.15, -0.1) is 0 Å². The summed E-state index contributed by atoms with van der Waals surface area (Å²) in [5, 5.41) is 0.218. The number of hydrogen-bond donors (Lipinski definition) is 0. The van der Waals surface area contributed by atoms with Crippen molar-refractivity contribution in [3.63, 3.8) is 0 Å². The highest BCUT2D eigenvalue weighted by molar-refractivity contribution is 8.14. The molecule has 0 aliphatic carbocycles. The molecule has 0 saturated heterocycles. The van der Waals surface area contributed by atoms with E-state index in [1.54, 1.807) is 0 Å². The SMILES string of the molecule is C/C=C(\C)C1=CCSC1=O. The second kappa shape index (κ2) is 3.06. The second-order valence-corrected chi connectivity index (χ2v) is 3.18. The Morgan fingerprint density at radius 3 is 2.90 bits per heavy atom. The standard InChI is InChI=1S/C8H10OS/c1-3-6(2)7-4-5-10-8(7)9/h3-4H,5H2,1-2H3/b6-3+. The molecule has 0 N–H and O–H groups in total. The van der Waals surface area contributed by atoms with Crippen LogP contribution in [0.2, 0.25) is 0 Å². The lowest BCUT2D eigenvalue weighted by Gasteiger charge is -1.96. The molecule has 1 aliphatic rings. The summed E-state index contributed by atoms with van der Waals surface area (Å²) < 4.78 is 0. The third kappa shape index (κ3) is 1.32. The molecule has 54 valence electrons. The van der Waals surface area contributed by atoms with Crippen molar-refractivity contribution in [3.8, 4) is 0 Å². The van der Waals surface area contributed by atoms with Crippen molar-refractivity contribution >= 4 is 16.9 Å². The molecule has 1 heterocycles. The van der Waals surface area contributed by atoms with Gasteiger partial charge < -0.3 is 0 Å². The normalized spacial score (nSPS) is 19.6. The van der Waals surface area contributed by atoms with E-state index in [-0.39, 0.29) is 5.12 Å². The van der Waals surface area contributed by atoms with Crippen molar-refractivity contribution in [2.75, 3.05) is 5.75 Å². The molecular weight excluding hydrogens is 144 g/mol. The van der Waals surface area contributed by atoms with E-state index in [0.29, 0.717) is 0 Å². The Morgan fingerprint density at radius 2 is 2.50 bits per heavy atom. The largest absolute Gasteiger partial charge is 0.282 e. The number of carbonyl (C=O) groups is 1. The Kier molecular flexibility index (Phi) is 2.33. The zero-order valence-corrected chi connectivity index (χ0v) is 6.99. The average Bonchev–Trinajstić information content (AvgIpc) is 2.34. The van der Waals surface area contributed by atoms with E-state index in [0.717, 1.165) is 16.9 Å². The first-order valence-corrected chi connectivity index (χ1v) is 4.25. The van der Waals surface area contributed by atoms with Crippen LogP contribution in [0.5, 0.6) is 0 Å². The average molecular weight is 154 g/mol. The van der Waals surface area contributed by atoms with Crippen molar-refractivity contribution < 1.29 is 4.79 Å². The van der Waals surface area contributed by atoms with Gasteiger partial charge in [0.1, 0.15) is 0 Å². The van der Waals surface area contributed by atoms with Crippen molar-refractivity contribution in [3.05, 3.63) is 23.3 Å². The molecule has 1 rings (SSSR count). The molecule has 0 atom stereocenters. The van der Waals surface area contributed by atoms with Gasteiger partial charge in [-0.3, -0.25) is 4.79 Å². The van der Waals surface area contributed by atoms with Gasteiger partial charge in [0, 0.05) is 11.3 Å². The van der Waals surface area contributed by atoms with Crippen LogP contribution in [0.15, 0.2) is 23.3 Å². The Morgan fingerprint density at radius 1 is 1.80 bits per heavy atom. The Labute approximate surface area is 65.2 Å². The minimum absolute atomic E-state index is 0.218. The van der Waals surface area contributed by atoms with E-state index in [2.05, 4.69) is 0 Å². The van der Waals surface area contributed by atoms with Gasteiger partial charge in [-0.25, -0.2) is 0 Å². The van der Waals surface area contributed by atoms with Crippen LogP contribution in [-0.4, -0.2) is 10.9 Å². The summed E-state index contributed by atoms with van der Waals surface area (Å²) in [6.45, 7) is 3.92. The highest BCUT2D eigenvalue weighted by atomic mass is 32.2. The van der Waals surface area contributed by atoms with Crippen LogP contribution in [0.25, 0.3) is 0 Å². The van der Waals surface area contributed by atoms with Gasteiger partial charge in [0.25, 0.3) is 0 Å². The third-order valence-corrected chi connectivity index (χ3v) is 2.40. The monoisotopic (exact) mass is 154 g/mol. The zero-order chi connectivity index (χ0) is 7.56. The highest BCUT2D eigenvalue weighted by Gasteiger charge is 2.15. The van der Waals surface area contributed by atoms with Crippen LogP contribution in [0.1, 0.15) is 13.8 Å². The number of carbonyl (C=O) groups excluding carboxylic acids is 1. The third-order valence-electron chi connectivity index (χ3n) is 1.58. The maximum atomic E-state index is 11.0. The van der Waals surface area contributed by atoms with Crippen molar-refractivity contribution in [1.82, 2.24) is 0 Å². The van der Waals surface area contributed by atoms with Crippen LogP contribution in [0.3, 0.4) is 0 Å². The lowest BCUT2D eigenvalue weighted by atomic mass is 10.1. The van der Waals surface area contributed by atoms with Crippen molar-refractivity contribution in [2.45, 2.75) is 13.8 Å². The van der Waals surface area contributed by atoms with Crippen LogP contribution < -0.4 is 0 Å². The molecule has 0 aromatic rings. The maximum Gasteiger partial charge on any atom is 0.219 e. The molecule has 0 amide bonds. The molecule has 1 aliphatic heterocycles. The minimum Gasteiger partial charge on any atom is -0.282 e. The lowest BCUT2D eigenvalue weighted by molar-refractivity contribution is -0.107. The highest BCUT2D eigenvalue weighted by Crippen LogP contribution is 2.24. The molecule has 0 aromatic heterocycles. The molecule has 0 radical (unpaired) electrons. The first kappa shape index (κ1) is 7.61. The Bertz CT molecular complexity index is 213. The number of allylic oxidation sites excluding steroid dienone is 2.